The Morgan fingerprint density at radius 2 is 2.27 bits per heavy atom. The van der Waals surface area contributed by atoms with Crippen molar-refractivity contribution in [2.24, 2.45) is 7.05 Å². The smallest absolute Gasteiger partial charge is 0.315 e. The molecule has 4 rings (SSSR count). The van der Waals surface area contributed by atoms with Crippen LogP contribution in [0.5, 0.6) is 0 Å². The predicted octanol–water partition coefficient (Wildman–Crippen LogP) is 2.22. The van der Waals surface area contributed by atoms with Crippen molar-refractivity contribution in [2.45, 2.75) is 25.3 Å². The molecule has 1 unspecified atom stereocenters. The molecule has 0 saturated carbocycles. The van der Waals surface area contributed by atoms with Crippen molar-refractivity contribution in [3.63, 3.8) is 0 Å². The monoisotopic (exact) mass is 360 g/mol. The van der Waals surface area contributed by atoms with Crippen molar-refractivity contribution < 1.29 is 18.1 Å². The van der Waals surface area contributed by atoms with Gasteiger partial charge in [0, 0.05) is 12.6 Å². The topological polar surface area (TPSA) is 98.7 Å². The number of aromatic nitrogens is 5. The van der Waals surface area contributed by atoms with E-state index in [0.717, 1.165) is 24.0 Å². The minimum atomic E-state index is -2.80. The Morgan fingerprint density at radius 3 is 2.96 bits per heavy atom. The maximum Gasteiger partial charge on any atom is 0.315 e. The first-order valence-electron chi connectivity index (χ1n) is 7.93. The quantitative estimate of drug-likeness (QED) is 0.766. The van der Waals surface area contributed by atoms with Crippen LogP contribution in [-0.2, 0) is 13.5 Å². The fourth-order valence-electron chi connectivity index (χ4n) is 3.03. The lowest BCUT2D eigenvalue weighted by atomic mass is 10.0. The minimum Gasteiger partial charge on any atom is -0.344 e. The summed E-state index contributed by atoms with van der Waals surface area (Å²) in [4.78, 5) is 17.3. The first-order chi connectivity index (χ1) is 12.5. The standard InChI is InChI=1S/C16H14F2N6O2/c1-24-19-7-12(22-24)15(25)20-11-5-3-8-6-9(2-4-10(8)11)14-21-16(13(17)18)26-23-14/h2,4,6-7,11,13H,3,5H2,1H3,(H,20,25). The normalized spacial score (nSPS) is 16.1. The van der Waals surface area contributed by atoms with Crippen molar-refractivity contribution in [1.29, 1.82) is 0 Å². The zero-order valence-corrected chi connectivity index (χ0v) is 13.7. The van der Waals surface area contributed by atoms with Gasteiger partial charge in [-0.25, -0.2) is 0 Å². The van der Waals surface area contributed by atoms with Crippen molar-refractivity contribution in [1.82, 2.24) is 30.5 Å². The summed E-state index contributed by atoms with van der Waals surface area (Å²) in [6, 6.07) is 5.27. The highest BCUT2D eigenvalue weighted by Gasteiger charge is 2.26. The number of nitrogens with one attached hydrogen (secondary N) is 1. The molecule has 3 aromatic rings. The molecular formula is C16H14F2N6O2. The summed E-state index contributed by atoms with van der Waals surface area (Å²) in [5.74, 6) is -0.871. The number of benzene rings is 1. The van der Waals surface area contributed by atoms with Gasteiger partial charge in [0.15, 0.2) is 5.69 Å². The second-order valence-corrected chi connectivity index (χ2v) is 5.95. The number of fused-ring (bicyclic) bond motifs is 1. The maximum atomic E-state index is 12.6. The van der Waals surface area contributed by atoms with Gasteiger partial charge in [-0.3, -0.25) is 4.79 Å². The van der Waals surface area contributed by atoms with Gasteiger partial charge in [-0.15, -0.1) is 5.10 Å². The number of nitrogens with zero attached hydrogens (tertiary/aromatic N) is 5. The van der Waals surface area contributed by atoms with E-state index < -0.39 is 12.3 Å². The zero-order valence-electron chi connectivity index (χ0n) is 13.7. The number of aryl methyl sites for hydroxylation is 2. The number of halogens is 2. The van der Waals surface area contributed by atoms with Gasteiger partial charge in [-0.05, 0) is 30.0 Å². The van der Waals surface area contributed by atoms with Crippen molar-refractivity contribution in [3.8, 4) is 11.4 Å². The van der Waals surface area contributed by atoms with Crippen molar-refractivity contribution in [3.05, 3.63) is 47.1 Å². The number of carbonyl (C=O) groups excluding carboxylic acids is 1. The largest absolute Gasteiger partial charge is 0.344 e. The van der Waals surface area contributed by atoms with Crippen LogP contribution < -0.4 is 5.32 Å². The third kappa shape index (κ3) is 2.93. The molecule has 2 heterocycles. The van der Waals surface area contributed by atoms with Crippen LogP contribution in [0.25, 0.3) is 11.4 Å². The number of rotatable bonds is 4. The van der Waals surface area contributed by atoms with Gasteiger partial charge in [-0.1, -0.05) is 17.3 Å². The van der Waals surface area contributed by atoms with Crippen molar-refractivity contribution >= 4 is 5.91 Å². The first kappa shape index (κ1) is 16.3. The highest BCUT2D eigenvalue weighted by Crippen LogP contribution is 2.34. The molecule has 1 aromatic carbocycles. The molecule has 1 atom stereocenters. The van der Waals surface area contributed by atoms with Gasteiger partial charge in [0.1, 0.15) is 0 Å². The van der Waals surface area contributed by atoms with Crippen LogP contribution in [0, 0.1) is 0 Å². The van der Waals surface area contributed by atoms with Gasteiger partial charge >= 0.3 is 6.43 Å². The lowest BCUT2D eigenvalue weighted by molar-refractivity contribution is 0.0931. The summed E-state index contributed by atoms with van der Waals surface area (Å²) in [6.45, 7) is 0. The van der Waals surface area contributed by atoms with Crippen LogP contribution in [0.15, 0.2) is 28.9 Å². The second kappa shape index (κ2) is 6.28. The maximum absolute atomic E-state index is 12.6. The molecule has 0 spiro atoms. The Hall–Kier alpha value is -3.17. The van der Waals surface area contributed by atoms with Crippen LogP contribution in [0.1, 0.15) is 46.4 Å². The molecule has 8 nitrogen and oxygen atoms in total. The van der Waals surface area contributed by atoms with E-state index in [0.29, 0.717) is 5.56 Å². The Morgan fingerprint density at radius 1 is 1.42 bits per heavy atom. The number of amides is 1. The number of hydrogen-bond acceptors (Lipinski definition) is 6. The molecule has 1 N–H and O–H groups in total. The minimum absolute atomic E-state index is 0.121. The summed E-state index contributed by atoms with van der Waals surface area (Å²) < 4.78 is 29.7. The van der Waals surface area contributed by atoms with E-state index in [-0.39, 0.29) is 23.5 Å². The van der Waals surface area contributed by atoms with E-state index >= 15 is 0 Å². The van der Waals surface area contributed by atoms with E-state index in [4.69, 9.17) is 0 Å². The van der Waals surface area contributed by atoms with Gasteiger partial charge in [0.25, 0.3) is 11.8 Å². The van der Waals surface area contributed by atoms with E-state index in [9.17, 15) is 13.6 Å². The average molecular weight is 360 g/mol. The molecule has 0 aliphatic heterocycles. The predicted molar refractivity (Wildman–Crippen MR) is 84.2 cm³/mol. The van der Waals surface area contributed by atoms with Gasteiger partial charge in [0.2, 0.25) is 5.82 Å². The molecule has 0 bridgehead atoms. The summed E-state index contributed by atoms with van der Waals surface area (Å²) in [5, 5.41) is 14.4. The van der Waals surface area contributed by atoms with Gasteiger partial charge < -0.3 is 9.84 Å². The summed E-state index contributed by atoms with van der Waals surface area (Å²) in [7, 11) is 1.64. The number of alkyl halides is 2. The lowest BCUT2D eigenvalue weighted by Gasteiger charge is -2.13. The first-order valence-corrected chi connectivity index (χ1v) is 7.93. The van der Waals surface area contributed by atoms with E-state index in [1.807, 2.05) is 12.1 Å². The van der Waals surface area contributed by atoms with Crippen LogP contribution in [0.3, 0.4) is 0 Å². The number of carbonyl (C=O) groups is 1. The fraction of sp³-hybridized carbons (Fsp3) is 0.312. The molecule has 1 aliphatic rings. The van der Waals surface area contributed by atoms with Gasteiger partial charge in [-0.2, -0.15) is 23.7 Å². The SMILES string of the molecule is Cn1ncc(C(=O)NC2CCc3cc(-c4noc(C(F)F)n4)ccc32)n1. The zero-order chi connectivity index (χ0) is 18.3. The third-order valence-electron chi connectivity index (χ3n) is 4.24. The molecule has 0 radical (unpaired) electrons. The summed E-state index contributed by atoms with van der Waals surface area (Å²) >= 11 is 0. The molecule has 10 heteroatoms. The Kier molecular flexibility index (Phi) is 3.94. The molecule has 26 heavy (non-hydrogen) atoms. The summed E-state index contributed by atoms with van der Waals surface area (Å²) in [6.07, 6.45) is 0.0878. The van der Waals surface area contributed by atoms with E-state index in [2.05, 4.69) is 30.2 Å². The fourth-order valence-corrected chi connectivity index (χ4v) is 3.03. The number of hydrogen-bond donors (Lipinski definition) is 1. The third-order valence-corrected chi connectivity index (χ3v) is 4.24. The lowest BCUT2D eigenvalue weighted by Crippen LogP contribution is -2.27. The van der Waals surface area contributed by atoms with E-state index in [1.165, 1.54) is 11.0 Å². The molecule has 0 fully saturated rings. The molecule has 1 aliphatic carbocycles. The molecule has 1 amide bonds. The molecule has 134 valence electrons. The Labute approximate surface area is 146 Å². The van der Waals surface area contributed by atoms with E-state index in [1.54, 1.807) is 13.1 Å². The Bertz CT molecular complexity index is 967. The highest BCUT2D eigenvalue weighted by atomic mass is 19.3. The molecular weight excluding hydrogens is 346 g/mol. The van der Waals surface area contributed by atoms with Crippen LogP contribution in [0.4, 0.5) is 8.78 Å². The molecule has 0 saturated heterocycles. The average Bonchev–Trinajstić information content (AvgIpc) is 3.34. The van der Waals surface area contributed by atoms with Crippen LogP contribution in [0.2, 0.25) is 0 Å². The van der Waals surface area contributed by atoms with Crippen molar-refractivity contribution in [2.75, 3.05) is 0 Å². The highest BCUT2D eigenvalue weighted by molar-refractivity contribution is 5.92. The van der Waals surface area contributed by atoms with Crippen LogP contribution >= 0.6 is 0 Å². The van der Waals surface area contributed by atoms with Gasteiger partial charge in [0.05, 0.1) is 12.2 Å². The molecule has 2 aromatic heterocycles. The summed E-state index contributed by atoms with van der Waals surface area (Å²) in [5.41, 5.74) is 2.84. The second-order valence-electron chi connectivity index (χ2n) is 5.95. The Balaban J connectivity index is 1.53. The van der Waals surface area contributed by atoms with Crippen LogP contribution in [-0.4, -0.2) is 31.0 Å².